The third-order valence-electron chi connectivity index (χ3n) is 2.17. The zero-order chi connectivity index (χ0) is 14.8. The highest BCUT2D eigenvalue weighted by Crippen LogP contribution is 2.25. The van der Waals surface area contributed by atoms with Crippen LogP contribution in [0.15, 0.2) is 28.1 Å². The maximum atomic E-state index is 12.0. The van der Waals surface area contributed by atoms with Gasteiger partial charge in [-0.05, 0) is 18.2 Å². The Morgan fingerprint density at radius 2 is 1.89 bits per heavy atom. The molecular formula is C10H13ClN4O3S. The minimum absolute atomic E-state index is 0.00921. The fraction of sp³-hybridized carbons (Fsp3) is 0.200. The second kappa shape index (κ2) is 5.55. The van der Waals surface area contributed by atoms with Gasteiger partial charge in [0, 0.05) is 19.7 Å². The molecule has 0 aliphatic carbocycles. The molecule has 1 rings (SSSR count). The van der Waals surface area contributed by atoms with Gasteiger partial charge in [0.25, 0.3) is 5.91 Å². The van der Waals surface area contributed by atoms with Crippen molar-refractivity contribution in [2.24, 2.45) is 16.5 Å². The smallest absolute Gasteiger partial charge is 0.280 e. The molecule has 0 heterocycles. The van der Waals surface area contributed by atoms with Crippen molar-refractivity contribution in [2.45, 2.75) is 4.90 Å². The van der Waals surface area contributed by atoms with Crippen molar-refractivity contribution >= 4 is 33.5 Å². The zero-order valence-corrected chi connectivity index (χ0v) is 11.9. The molecule has 0 fully saturated rings. The first-order chi connectivity index (χ1) is 8.66. The minimum atomic E-state index is -3.75. The maximum absolute atomic E-state index is 12.0. The van der Waals surface area contributed by atoms with Crippen LogP contribution < -0.4 is 11.5 Å². The summed E-state index contributed by atoms with van der Waals surface area (Å²) in [4.78, 5) is 14.8. The number of aliphatic imine (C=N–C) groups is 1. The number of carbonyl (C=O) groups is 1. The number of halogens is 1. The lowest BCUT2D eigenvalue weighted by molar-refractivity contribution is 0.100. The molecule has 0 bridgehead atoms. The van der Waals surface area contributed by atoms with E-state index in [4.69, 9.17) is 23.1 Å². The van der Waals surface area contributed by atoms with Gasteiger partial charge in [-0.1, -0.05) is 11.6 Å². The van der Waals surface area contributed by atoms with Gasteiger partial charge in [0.1, 0.15) is 4.90 Å². The largest absolute Gasteiger partial charge is 0.370 e. The number of hydrogen-bond acceptors (Lipinski definition) is 3. The second-order valence-corrected chi connectivity index (χ2v) is 6.30. The highest BCUT2D eigenvalue weighted by molar-refractivity contribution is 7.89. The molecule has 1 amide bonds. The molecule has 4 N–H and O–H groups in total. The molecule has 0 unspecified atom stereocenters. The Hall–Kier alpha value is -1.64. The molecule has 0 aliphatic rings. The van der Waals surface area contributed by atoms with E-state index in [0.717, 1.165) is 10.4 Å². The highest BCUT2D eigenvalue weighted by Gasteiger charge is 2.22. The van der Waals surface area contributed by atoms with E-state index in [1.807, 2.05) is 0 Å². The number of benzene rings is 1. The van der Waals surface area contributed by atoms with E-state index in [9.17, 15) is 13.2 Å². The Kier molecular flexibility index (Phi) is 4.51. The van der Waals surface area contributed by atoms with Crippen LogP contribution in [0.2, 0.25) is 5.02 Å². The van der Waals surface area contributed by atoms with E-state index in [0.29, 0.717) is 0 Å². The molecule has 19 heavy (non-hydrogen) atoms. The van der Waals surface area contributed by atoms with Gasteiger partial charge in [-0.15, -0.1) is 0 Å². The summed E-state index contributed by atoms with van der Waals surface area (Å²) in [5.74, 6) is -1.15. The second-order valence-electron chi connectivity index (χ2n) is 3.77. The summed E-state index contributed by atoms with van der Waals surface area (Å²) in [5.41, 5.74) is 10.2. The first-order valence-electron chi connectivity index (χ1n) is 5.02. The third-order valence-corrected chi connectivity index (χ3v) is 4.46. The van der Waals surface area contributed by atoms with Crippen LogP contribution in [-0.2, 0) is 10.0 Å². The Morgan fingerprint density at radius 1 is 1.32 bits per heavy atom. The van der Waals surface area contributed by atoms with E-state index >= 15 is 0 Å². The normalized spacial score (nSPS) is 11.4. The van der Waals surface area contributed by atoms with Gasteiger partial charge >= 0.3 is 0 Å². The lowest BCUT2D eigenvalue weighted by Crippen LogP contribution is -2.24. The van der Waals surface area contributed by atoms with Gasteiger partial charge in [-0.3, -0.25) is 4.79 Å². The van der Waals surface area contributed by atoms with Gasteiger partial charge in [0.2, 0.25) is 10.0 Å². The number of nitrogens with two attached hydrogens (primary N) is 2. The quantitative estimate of drug-likeness (QED) is 0.602. The van der Waals surface area contributed by atoms with E-state index in [1.165, 1.54) is 26.2 Å². The van der Waals surface area contributed by atoms with Crippen molar-refractivity contribution < 1.29 is 13.2 Å². The van der Waals surface area contributed by atoms with Gasteiger partial charge in [-0.2, -0.15) is 4.99 Å². The lowest BCUT2D eigenvalue weighted by Gasteiger charge is -2.13. The number of carbonyl (C=O) groups excluding carboxylic acids is 1. The summed E-state index contributed by atoms with van der Waals surface area (Å²) in [6.45, 7) is 0. The Morgan fingerprint density at radius 3 is 2.37 bits per heavy atom. The van der Waals surface area contributed by atoms with E-state index in [1.54, 1.807) is 0 Å². The molecule has 0 atom stereocenters. The molecule has 0 saturated carbocycles. The van der Waals surface area contributed by atoms with Crippen LogP contribution in [-0.4, -0.2) is 38.7 Å². The summed E-state index contributed by atoms with van der Waals surface area (Å²) in [6.07, 6.45) is 0. The van der Waals surface area contributed by atoms with Crippen LogP contribution in [0.4, 0.5) is 0 Å². The Balaban J connectivity index is 3.38. The van der Waals surface area contributed by atoms with Crippen molar-refractivity contribution in [1.82, 2.24) is 4.31 Å². The van der Waals surface area contributed by atoms with Crippen molar-refractivity contribution in [1.29, 1.82) is 0 Å². The van der Waals surface area contributed by atoms with Crippen molar-refractivity contribution in [3.8, 4) is 0 Å². The zero-order valence-electron chi connectivity index (χ0n) is 10.3. The van der Waals surface area contributed by atoms with Gasteiger partial charge in [0.05, 0.1) is 5.02 Å². The minimum Gasteiger partial charge on any atom is -0.370 e. The number of rotatable bonds is 3. The first kappa shape index (κ1) is 15.4. The molecular weight excluding hydrogens is 292 g/mol. The lowest BCUT2D eigenvalue weighted by atomic mass is 10.2. The summed E-state index contributed by atoms with van der Waals surface area (Å²) >= 11 is 5.83. The number of sulfonamides is 1. The molecule has 1 aromatic carbocycles. The standard InChI is InChI=1S/C10H13ClN4O3S/c1-15(2)19(17,18)8-5-6(3-4-7(8)11)9(16)14-10(12)13/h3-5H,1-2H3,(H4,12,13,14,16). The highest BCUT2D eigenvalue weighted by atomic mass is 35.5. The van der Waals surface area contributed by atoms with E-state index < -0.39 is 21.9 Å². The average molecular weight is 305 g/mol. The molecule has 104 valence electrons. The van der Waals surface area contributed by atoms with Gasteiger partial charge < -0.3 is 11.5 Å². The van der Waals surface area contributed by atoms with Crippen LogP contribution in [0.3, 0.4) is 0 Å². The van der Waals surface area contributed by atoms with Crippen LogP contribution >= 0.6 is 11.6 Å². The summed E-state index contributed by atoms with van der Waals surface area (Å²) in [5, 5.41) is 0.00921. The van der Waals surface area contributed by atoms with Crippen LogP contribution in [0.5, 0.6) is 0 Å². The average Bonchev–Trinajstić information content (AvgIpc) is 2.27. The van der Waals surface area contributed by atoms with Gasteiger partial charge in [-0.25, -0.2) is 12.7 Å². The maximum Gasteiger partial charge on any atom is 0.280 e. The number of nitrogens with zero attached hydrogens (tertiary/aromatic N) is 2. The Labute approximate surface area is 115 Å². The monoisotopic (exact) mass is 304 g/mol. The summed E-state index contributed by atoms with van der Waals surface area (Å²) in [6, 6.07) is 3.77. The van der Waals surface area contributed by atoms with Crippen LogP contribution in [0.1, 0.15) is 10.4 Å². The van der Waals surface area contributed by atoms with Gasteiger partial charge in [0.15, 0.2) is 5.96 Å². The van der Waals surface area contributed by atoms with E-state index in [-0.39, 0.29) is 15.5 Å². The van der Waals surface area contributed by atoms with E-state index in [2.05, 4.69) is 4.99 Å². The van der Waals surface area contributed by atoms with Crippen LogP contribution in [0, 0.1) is 0 Å². The fourth-order valence-corrected chi connectivity index (χ4v) is 2.61. The predicted octanol–water partition coefficient (Wildman–Crippen LogP) is 0.00390. The Bertz CT molecular complexity index is 636. The molecule has 0 spiro atoms. The van der Waals surface area contributed by atoms with Crippen molar-refractivity contribution in [3.63, 3.8) is 0 Å². The third kappa shape index (κ3) is 3.43. The number of guanidine groups is 1. The molecule has 1 aromatic rings. The van der Waals surface area contributed by atoms with Crippen molar-refractivity contribution in [3.05, 3.63) is 28.8 Å². The first-order valence-corrected chi connectivity index (χ1v) is 6.84. The number of hydrogen-bond donors (Lipinski definition) is 2. The summed E-state index contributed by atoms with van der Waals surface area (Å²) < 4.78 is 25.0. The predicted molar refractivity (Wildman–Crippen MR) is 72.5 cm³/mol. The number of amides is 1. The molecule has 0 radical (unpaired) electrons. The molecule has 0 saturated heterocycles. The van der Waals surface area contributed by atoms with Crippen molar-refractivity contribution in [2.75, 3.05) is 14.1 Å². The molecule has 0 aromatic heterocycles. The SMILES string of the molecule is CN(C)S(=O)(=O)c1cc(C(=O)N=C(N)N)ccc1Cl. The summed E-state index contributed by atoms with van der Waals surface area (Å²) in [7, 11) is -1.04. The molecule has 7 nitrogen and oxygen atoms in total. The molecule has 9 heteroatoms. The fourth-order valence-electron chi connectivity index (χ4n) is 1.21. The topological polar surface area (TPSA) is 119 Å². The van der Waals surface area contributed by atoms with Crippen LogP contribution in [0.25, 0.3) is 0 Å². The molecule has 0 aliphatic heterocycles.